The van der Waals surface area contributed by atoms with Gasteiger partial charge in [-0.2, -0.15) is 0 Å². The molecule has 3 aromatic carbocycles. The maximum atomic E-state index is 14.7. The summed E-state index contributed by atoms with van der Waals surface area (Å²) in [7, 11) is 4.79. The average molecular weight is 1260 g/mol. The number of allylic oxidation sites excluding steroid dienone is 4. The first-order valence-corrected chi connectivity index (χ1v) is 32.8. The normalized spacial score (nSPS) is 17.5. The third-order valence-electron chi connectivity index (χ3n) is 17.8. The summed E-state index contributed by atoms with van der Waals surface area (Å²) < 4.78 is 17.7. The zero-order valence-corrected chi connectivity index (χ0v) is 53.9. The zero-order valence-electron chi connectivity index (χ0n) is 53.9. The molecule has 3 aliphatic carbocycles. The monoisotopic (exact) mass is 1260 g/mol. The number of rotatable bonds is 38. The second-order valence-corrected chi connectivity index (χ2v) is 24.4. The fourth-order valence-corrected chi connectivity index (χ4v) is 12.8. The number of hydrogen-bond donors (Lipinski definition) is 6. The number of carbonyl (C=O) groups excluding carboxylic acids is 6. The molecular formula is C69H97N11O11. The van der Waals surface area contributed by atoms with Gasteiger partial charge in [0.05, 0.1) is 24.1 Å². The van der Waals surface area contributed by atoms with Crippen molar-refractivity contribution in [3.63, 3.8) is 0 Å². The Hall–Kier alpha value is -7.63. The molecule has 2 atom stereocenters. The molecule has 22 heteroatoms. The van der Waals surface area contributed by atoms with Gasteiger partial charge < -0.3 is 62.2 Å². The van der Waals surface area contributed by atoms with E-state index < -0.39 is 41.4 Å². The summed E-state index contributed by atoms with van der Waals surface area (Å²) in [6.07, 6.45) is 21.0. The number of anilines is 2. The third kappa shape index (κ3) is 18.8. The number of amides is 6. The van der Waals surface area contributed by atoms with Crippen LogP contribution < -0.4 is 49.7 Å². The minimum atomic E-state index is -1.10. The lowest BCUT2D eigenvalue weighted by Crippen LogP contribution is -2.48. The number of ether oxygens (including phenoxy) is 2. The first kappa shape index (κ1) is 70.8. The molecule has 22 nitrogen and oxygen atoms in total. The van der Waals surface area contributed by atoms with Gasteiger partial charge in [-0.25, -0.2) is 14.6 Å². The molecule has 10 N–H and O–H groups in total. The molecule has 2 heterocycles. The lowest BCUT2D eigenvalue weighted by molar-refractivity contribution is -0.144. The summed E-state index contributed by atoms with van der Waals surface area (Å²) in [5.41, 5.74) is 28.5. The van der Waals surface area contributed by atoms with Crippen molar-refractivity contribution in [3.8, 4) is 5.75 Å². The van der Waals surface area contributed by atoms with Crippen LogP contribution in [0.2, 0.25) is 0 Å². The number of benzene rings is 3. The van der Waals surface area contributed by atoms with E-state index in [1.54, 1.807) is 25.2 Å². The molecule has 1 aromatic heterocycles. The Labute approximate surface area is 534 Å². The van der Waals surface area contributed by atoms with Gasteiger partial charge in [0.1, 0.15) is 11.8 Å². The highest BCUT2D eigenvalue weighted by atomic mass is 16.5. The fourth-order valence-electron chi connectivity index (χ4n) is 12.8. The summed E-state index contributed by atoms with van der Waals surface area (Å²) >= 11 is 0. The topological polar surface area (TPSA) is 323 Å². The number of nitrogens with zero attached hydrogens (tertiary/aromatic N) is 5. The smallest absolute Gasteiger partial charge is 0.422 e. The van der Waals surface area contributed by atoms with E-state index in [9.17, 15) is 38.4 Å². The number of carbonyl (C=O) groups is 6. The Morgan fingerprint density at radius 3 is 1.84 bits per heavy atom. The largest absolute Gasteiger partial charge is 0.484 e. The van der Waals surface area contributed by atoms with Crippen LogP contribution in [0.1, 0.15) is 170 Å². The minimum absolute atomic E-state index is 0.0435. The van der Waals surface area contributed by atoms with E-state index in [0.29, 0.717) is 50.3 Å². The van der Waals surface area contributed by atoms with Crippen molar-refractivity contribution in [3.05, 3.63) is 121 Å². The molecule has 91 heavy (non-hydrogen) atoms. The summed E-state index contributed by atoms with van der Waals surface area (Å²) in [4.78, 5) is 117. The van der Waals surface area contributed by atoms with Crippen LogP contribution in [-0.4, -0.2) is 146 Å². The van der Waals surface area contributed by atoms with Crippen LogP contribution in [0.4, 0.5) is 11.4 Å². The van der Waals surface area contributed by atoms with E-state index in [4.69, 9.17) is 36.8 Å². The quantitative estimate of drug-likeness (QED) is 0.0191. The Bertz CT molecular complexity index is 3310. The van der Waals surface area contributed by atoms with Crippen molar-refractivity contribution in [1.29, 1.82) is 0 Å². The van der Waals surface area contributed by atoms with Crippen molar-refractivity contribution in [2.45, 2.75) is 165 Å². The van der Waals surface area contributed by atoms with E-state index in [1.165, 1.54) is 35.0 Å². The molecular weight excluding hydrogens is 1160 g/mol. The highest BCUT2D eigenvalue weighted by Gasteiger charge is 2.52. The zero-order chi connectivity index (χ0) is 65.5. The summed E-state index contributed by atoms with van der Waals surface area (Å²) in [5, 5.41) is 6.53. The van der Waals surface area contributed by atoms with Gasteiger partial charge in [-0.05, 0) is 148 Å². The number of fused-ring (bicyclic) bond motifs is 1. The minimum Gasteiger partial charge on any atom is -0.484 e. The summed E-state index contributed by atoms with van der Waals surface area (Å²) in [6, 6.07) is 15.1. The molecule has 1 saturated heterocycles. The SMILES string of the molecule is C/C=C\C1=C(/C=N/C(=O)CCCCCCCN)C2(CCC(=O)N(C)CCOCCN(C)C(=O)[C@@H]3C[C@H](N)CN3C(=O)COc3ccc4c(=O)oc(=O)n(C)c4c3)c3cc(NC(=O)CCCCCCCN)ccc3C1c1ccc(NC(=O)CCCCCCCN)cc12. The number of likely N-dealkylation sites (tertiary alicyclic amines) is 1. The highest BCUT2D eigenvalue weighted by molar-refractivity contribution is 5.99. The fraction of sp³-hybridized carbons (Fsp3) is 0.551. The van der Waals surface area contributed by atoms with Gasteiger partial charge in [0, 0.05) is 107 Å². The molecule has 1 aliphatic heterocycles. The average Bonchev–Trinajstić information content (AvgIpc) is 0.836. The Morgan fingerprint density at radius 1 is 0.714 bits per heavy atom. The van der Waals surface area contributed by atoms with Crippen LogP contribution in [0.5, 0.6) is 5.75 Å². The van der Waals surface area contributed by atoms with Crippen LogP contribution in [0, 0.1) is 0 Å². The molecule has 1 fully saturated rings. The molecule has 8 rings (SSSR count). The second kappa shape index (κ2) is 35.3. The Morgan fingerprint density at radius 2 is 1.26 bits per heavy atom. The van der Waals surface area contributed by atoms with Crippen molar-refractivity contribution < 1.29 is 42.7 Å². The van der Waals surface area contributed by atoms with E-state index >= 15 is 0 Å². The molecule has 6 amide bonds. The van der Waals surface area contributed by atoms with Gasteiger partial charge in [-0.1, -0.05) is 82.1 Å². The summed E-state index contributed by atoms with van der Waals surface area (Å²) in [6.45, 7) is 4.29. The van der Waals surface area contributed by atoms with Crippen LogP contribution in [-0.2, 0) is 46.0 Å². The Kier molecular flexibility index (Phi) is 27.4. The number of hydrogen-bond acceptors (Lipinski definition) is 15. The second-order valence-electron chi connectivity index (χ2n) is 24.4. The number of unbranched alkanes of at least 4 members (excludes halogenated alkanes) is 12. The molecule has 0 spiro atoms. The van der Waals surface area contributed by atoms with Gasteiger partial charge in [-0.15, -0.1) is 0 Å². The molecule has 0 radical (unpaired) electrons. The number of nitrogens with two attached hydrogens (primary N) is 4. The van der Waals surface area contributed by atoms with Gasteiger partial charge >= 0.3 is 11.4 Å². The molecule has 0 unspecified atom stereocenters. The van der Waals surface area contributed by atoms with Gasteiger partial charge in [-0.3, -0.25) is 33.3 Å². The van der Waals surface area contributed by atoms with Gasteiger partial charge in [0.25, 0.3) is 5.91 Å². The van der Waals surface area contributed by atoms with Crippen LogP contribution in [0.3, 0.4) is 0 Å². The van der Waals surface area contributed by atoms with E-state index in [0.717, 1.165) is 128 Å². The first-order chi connectivity index (χ1) is 43.9. The van der Waals surface area contributed by atoms with Crippen LogP contribution in [0.15, 0.2) is 96.9 Å². The Balaban J connectivity index is 1.08. The predicted molar refractivity (Wildman–Crippen MR) is 355 cm³/mol. The molecule has 2 bridgehead atoms. The standard InChI is InChI=1S/C69H97N11O11/c1-5-21-51-57(44-74-60(81)22-15-9-6-12-18-33-70)69(55-41-48(75-61(82)23-16-10-7-13-19-34-71)25-28-52(55)65(51)53-29-26-49(42-56(53)69)76-62(83)24-17-11-8-14-20-35-72)32-31-63(84)77(2)36-38-89-39-37-78(3)66(86)59-40-47(73)45-80(59)64(85)46-90-50-27-30-54-58(43-50)79(4)68(88)91-67(54)87/h5,21,25-30,41-44,47,59,65H,6-20,22-24,31-40,45-46,70-73H2,1-4H3,(H,75,82)(H,76,83)/b21-5-,74-44+/t47-,59-,65?,69?/m0/s1. The number of aryl methyl sites for hydroxylation is 1. The number of nitrogens with one attached hydrogen (secondary N) is 2. The molecule has 4 aromatic rings. The van der Waals surface area contributed by atoms with Crippen molar-refractivity contribution >= 4 is 63.9 Å². The maximum absolute atomic E-state index is 14.7. The first-order valence-electron chi connectivity index (χ1n) is 32.8. The van der Waals surface area contributed by atoms with Crippen LogP contribution in [0.25, 0.3) is 10.9 Å². The number of aromatic nitrogens is 1. The lowest BCUT2D eigenvalue weighted by Gasteiger charge is -2.51. The van der Waals surface area contributed by atoms with Gasteiger partial charge in [0.15, 0.2) is 6.61 Å². The van der Waals surface area contributed by atoms with Gasteiger partial charge in [0.2, 0.25) is 29.5 Å². The van der Waals surface area contributed by atoms with Crippen LogP contribution >= 0.6 is 0 Å². The van der Waals surface area contributed by atoms with Crippen molar-refractivity contribution in [2.75, 3.05) is 83.8 Å². The van der Waals surface area contributed by atoms with E-state index in [2.05, 4.69) is 33.8 Å². The molecule has 0 saturated carbocycles. The lowest BCUT2D eigenvalue weighted by atomic mass is 9.51. The molecule has 494 valence electrons. The van der Waals surface area contributed by atoms with E-state index in [-0.39, 0.29) is 111 Å². The van der Waals surface area contributed by atoms with Crippen molar-refractivity contribution in [2.24, 2.45) is 35.0 Å². The van der Waals surface area contributed by atoms with Crippen molar-refractivity contribution in [1.82, 2.24) is 19.3 Å². The number of aliphatic imine (C=N–C) groups is 1. The maximum Gasteiger partial charge on any atom is 0.422 e. The number of likely N-dealkylation sites (N-methyl/N-ethyl adjacent to an activating group) is 2. The highest BCUT2D eigenvalue weighted by Crippen LogP contribution is 2.61. The third-order valence-corrected chi connectivity index (χ3v) is 17.8. The predicted octanol–water partition coefficient (Wildman–Crippen LogP) is 7.20. The molecule has 4 aliphatic rings. The summed E-state index contributed by atoms with van der Waals surface area (Å²) in [5.74, 6) is -2.33. The van der Waals surface area contributed by atoms with E-state index in [1.807, 2.05) is 37.3 Å².